The summed E-state index contributed by atoms with van der Waals surface area (Å²) in [7, 11) is 3.48. The van der Waals surface area contributed by atoms with Gasteiger partial charge in [-0.15, -0.1) is 0 Å². The van der Waals surface area contributed by atoms with Crippen LogP contribution < -0.4 is 10.1 Å². The molecule has 0 saturated heterocycles. The number of nitrogens with zero attached hydrogens (tertiary/aromatic N) is 3. The molecule has 1 aliphatic heterocycles. The molecule has 3 atom stereocenters. The quantitative estimate of drug-likeness (QED) is 0.680. The van der Waals surface area contributed by atoms with E-state index in [1.54, 1.807) is 37.4 Å². The molecule has 2 heterocycles. The summed E-state index contributed by atoms with van der Waals surface area (Å²) < 4.78 is 12.1. The summed E-state index contributed by atoms with van der Waals surface area (Å²) in [4.78, 5) is 34.3. The van der Waals surface area contributed by atoms with Gasteiger partial charge in [0.15, 0.2) is 0 Å². The topological polar surface area (TPSA) is 84.0 Å². The molecule has 0 bridgehead atoms. The first-order chi connectivity index (χ1) is 17.4. The van der Waals surface area contributed by atoms with Crippen molar-refractivity contribution in [3.05, 3.63) is 53.9 Å². The third-order valence-corrected chi connectivity index (χ3v) is 7.43. The van der Waals surface area contributed by atoms with Gasteiger partial charge in [0.2, 0.25) is 5.91 Å². The molecule has 1 N–H and O–H groups in total. The van der Waals surface area contributed by atoms with Crippen LogP contribution in [-0.2, 0) is 16.1 Å². The van der Waals surface area contributed by atoms with Gasteiger partial charge in [-0.25, -0.2) is 0 Å². The van der Waals surface area contributed by atoms with Crippen LogP contribution in [-0.4, -0.2) is 72.6 Å². The molecule has 4 rings (SSSR count). The highest BCUT2D eigenvalue weighted by Crippen LogP contribution is 2.30. The maximum Gasteiger partial charge on any atom is 0.257 e. The van der Waals surface area contributed by atoms with Crippen LogP contribution >= 0.6 is 0 Å². The number of nitrogens with one attached hydrogen (secondary N) is 1. The van der Waals surface area contributed by atoms with E-state index >= 15 is 0 Å². The summed E-state index contributed by atoms with van der Waals surface area (Å²) >= 11 is 0. The highest BCUT2D eigenvalue weighted by Gasteiger charge is 2.29. The van der Waals surface area contributed by atoms with E-state index in [9.17, 15) is 9.59 Å². The van der Waals surface area contributed by atoms with Gasteiger partial charge in [0.1, 0.15) is 12.4 Å². The zero-order chi connectivity index (χ0) is 25.7. The fourth-order valence-electron chi connectivity index (χ4n) is 4.79. The smallest absolute Gasteiger partial charge is 0.257 e. The van der Waals surface area contributed by atoms with Gasteiger partial charge >= 0.3 is 0 Å². The number of likely N-dealkylation sites (N-methyl/N-ethyl adjacent to an activating group) is 1. The molecule has 1 aliphatic carbocycles. The fraction of sp³-hybridized carbons (Fsp3) is 0.536. The highest BCUT2D eigenvalue weighted by atomic mass is 16.5. The third-order valence-electron chi connectivity index (χ3n) is 7.43. The summed E-state index contributed by atoms with van der Waals surface area (Å²) in [6.07, 6.45) is 6.48. The zero-order valence-corrected chi connectivity index (χ0v) is 21.8. The van der Waals surface area contributed by atoms with E-state index in [0.717, 1.165) is 37.9 Å². The third kappa shape index (κ3) is 6.23. The predicted molar refractivity (Wildman–Crippen MR) is 139 cm³/mol. The van der Waals surface area contributed by atoms with Gasteiger partial charge < -0.3 is 19.7 Å². The van der Waals surface area contributed by atoms with Crippen molar-refractivity contribution in [2.45, 2.75) is 51.8 Å². The monoisotopic (exact) mass is 494 g/mol. The van der Waals surface area contributed by atoms with E-state index in [1.165, 1.54) is 0 Å². The summed E-state index contributed by atoms with van der Waals surface area (Å²) in [6, 6.07) is 9.45. The van der Waals surface area contributed by atoms with Crippen molar-refractivity contribution in [3.8, 4) is 5.75 Å². The fourth-order valence-corrected chi connectivity index (χ4v) is 4.79. The van der Waals surface area contributed by atoms with Crippen LogP contribution in [0.25, 0.3) is 0 Å². The van der Waals surface area contributed by atoms with Crippen LogP contribution in [0, 0.1) is 11.8 Å². The van der Waals surface area contributed by atoms with Crippen molar-refractivity contribution in [2.24, 2.45) is 11.8 Å². The van der Waals surface area contributed by atoms with Crippen molar-refractivity contribution >= 4 is 17.5 Å². The number of methoxy groups -OCH3 is 1. The summed E-state index contributed by atoms with van der Waals surface area (Å²) in [6.45, 7) is 6.69. The Kier molecular flexibility index (Phi) is 8.59. The average molecular weight is 495 g/mol. The Labute approximate surface area is 214 Å². The molecule has 0 radical (unpaired) electrons. The average Bonchev–Trinajstić information content (AvgIpc) is 2.84. The van der Waals surface area contributed by atoms with Gasteiger partial charge in [-0.2, -0.15) is 0 Å². The Bertz CT molecular complexity index is 1040. The summed E-state index contributed by atoms with van der Waals surface area (Å²) in [5.74, 6) is 0.625. The molecular formula is C28H38N4O4. The molecule has 1 saturated carbocycles. The van der Waals surface area contributed by atoms with E-state index in [4.69, 9.17) is 9.47 Å². The standard InChI is InChI=1S/C28H38N4O4/c1-19-15-32(16-21-7-6-12-29-14-21)20(2)18-36-25-11-10-23(30-27(33)22-8-5-9-22)13-24(25)28(34)31(3)17-26(19)35-4/h6-7,10-14,19-20,22,26H,5,8-9,15-18H2,1-4H3,(H,30,33)/t19-,20+,26-/m0/s1. The molecule has 194 valence electrons. The number of amides is 2. The predicted octanol–water partition coefficient (Wildman–Crippen LogP) is 3.83. The lowest BCUT2D eigenvalue weighted by molar-refractivity contribution is -0.122. The van der Waals surface area contributed by atoms with E-state index < -0.39 is 0 Å². The molecular weight excluding hydrogens is 456 g/mol. The Morgan fingerprint density at radius 2 is 2.03 bits per heavy atom. The summed E-state index contributed by atoms with van der Waals surface area (Å²) in [5, 5.41) is 2.98. The van der Waals surface area contributed by atoms with Gasteiger partial charge in [-0.1, -0.05) is 19.4 Å². The van der Waals surface area contributed by atoms with Crippen molar-refractivity contribution in [1.82, 2.24) is 14.8 Å². The van der Waals surface area contributed by atoms with Crippen LogP contribution in [0.1, 0.15) is 49.0 Å². The lowest BCUT2D eigenvalue weighted by Crippen LogP contribution is -2.46. The first-order valence-corrected chi connectivity index (χ1v) is 12.8. The molecule has 0 spiro atoms. The number of rotatable bonds is 5. The van der Waals surface area contributed by atoms with Crippen LogP contribution in [0.4, 0.5) is 5.69 Å². The second-order valence-electron chi connectivity index (χ2n) is 10.2. The first kappa shape index (κ1) is 26.1. The number of aromatic nitrogens is 1. The normalized spacial score (nSPS) is 24.1. The minimum Gasteiger partial charge on any atom is -0.491 e. The second kappa shape index (κ2) is 11.8. The molecule has 1 aromatic heterocycles. The molecule has 8 nitrogen and oxygen atoms in total. The van der Waals surface area contributed by atoms with Gasteiger partial charge in [0.25, 0.3) is 5.91 Å². The second-order valence-corrected chi connectivity index (χ2v) is 10.2. The van der Waals surface area contributed by atoms with Gasteiger partial charge in [0, 0.05) is 63.8 Å². The van der Waals surface area contributed by atoms with Crippen molar-refractivity contribution in [3.63, 3.8) is 0 Å². The molecule has 2 amide bonds. The molecule has 0 unspecified atom stereocenters. The van der Waals surface area contributed by atoms with Gasteiger partial charge in [-0.3, -0.25) is 19.5 Å². The number of ether oxygens (including phenoxy) is 2. The molecule has 2 aliphatic rings. The molecule has 1 fully saturated rings. The Hall–Kier alpha value is -2.97. The van der Waals surface area contributed by atoms with Crippen molar-refractivity contribution < 1.29 is 19.1 Å². The largest absolute Gasteiger partial charge is 0.491 e. The lowest BCUT2D eigenvalue weighted by atomic mass is 9.85. The van der Waals surface area contributed by atoms with E-state index in [0.29, 0.717) is 30.2 Å². The van der Waals surface area contributed by atoms with E-state index in [1.807, 2.05) is 18.3 Å². The van der Waals surface area contributed by atoms with Crippen LogP contribution in [0.2, 0.25) is 0 Å². The number of carbonyl (C=O) groups is 2. The van der Waals surface area contributed by atoms with E-state index in [-0.39, 0.29) is 35.8 Å². The number of hydrogen-bond acceptors (Lipinski definition) is 6. The molecule has 1 aromatic carbocycles. The summed E-state index contributed by atoms with van der Waals surface area (Å²) in [5.41, 5.74) is 2.20. The van der Waals surface area contributed by atoms with Crippen LogP contribution in [0.3, 0.4) is 0 Å². The Morgan fingerprint density at radius 1 is 1.22 bits per heavy atom. The van der Waals surface area contributed by atoms with Crippen molar-refractivity contribution in [1.29, 1.82) is 0 Å². The lowest BCUT2D eigenvalue weighted by Gasteiger charge is -2.36. The number of benzene rings is 1. The minimum atomic E-state index is -0.153. The maximum atomic E-state index is 13.5. The van der Waals surface area contributed by atoms with E-state index in [2.05, 4.69) is 35.1 Å². The highest BCUT2D eigenvalue weighted by molar-refractivity contribution is 6.00. The van der Waals surface area contributed by atoms with Crippen LogP contribution in [0.5, 0.6) is 5.75 Å². The number of pyridine rings is 1. The van der Waals surface area contributed by atoms with Gasteiger partial charge in [0.05, 0.1) is 11.7 Å². The number of hydrogen-bond donors (Lipinski definition) is 1. The molecule has 2 aromatic rings. The van der Waals surface area contributed by atoms with Gasteiger partial charge in [-0.05, 0) is 55.5 Å². The number of anilines is 1. The Balaban J connectivity index is 1.60. The number of fused-ring (bicyclic) bond motifs is 1. The molecule has 8 heteroatoms. The Morgan fingerprint density at radius 3 is 2.69 bits per heavy atom. The SMILES string of the molecule is CO[C@H]1CN(C)C(=O)c2cc(NC(=O)C3CCC3)ccc2OC[C@@H](C)N(Cc2cccnc2)C[C@@H]1C. The van der Waals surface area contributed by atoms with Crippen LogP contribution in [0.15, 0.2) is 42.7 Å². The first-order valence-electron chi connectivity index (χ1n) is 12.8. The molecule has 36 heavy (non-hydrogen) atoms. The van der Waals surface area contributed by atoms with Crippen molar-refractivity contribution in [2.75, 3.05) is 39.2 Å². The minimum absolute atomic E-state index is 0.0176. The zero-order valence-electron chi connectivity index (χ0n) is 21.8. The maximum absolute atomic E-state index is 13.5. The number of carbonyl (C=O) groups excluding carboxylic acids is 2.